The zero-order valence-corrected chi connectivity index (χ0v) is 27.2. The van der Waals surface area contributed by atoms with Crippen molar-refractivity contribution in [3.05, 3.63) is 101 Å². The van der Waals surface area contributed by atoms with Crippen LogP contribution in [-0.2, 0) is 13.1 Å². The molecule has 5 heterocycles. The smallest absolute Gasteiger partial charge is 0.227 e. The van der Waals surface area contributed by atoms with E-state index < -0.39 is 0 Å². The van der Waals surface area contributed by atoms with Gasteiger partial charge in [0.2, 0.25) is 5.89 Å². The molecule has 9 heteroatoms. The number of hydrogen-bond donors (Lipinski definition) is 2. The molecule has 0 bridgehead atoms. The summed E-state index contributed by atoms with van der Waals surface area (Å²) in [6.45, 7) is 9.59. The molecule has 3 aromatic heterocycles. The summed E-state index contributed by atoms with van der Waals surface area (Å²) in [6.07, 6.45) is 5.53. The van der Waals surface area contributed by atoms with E-state index in [1.807, 2.05) is 36.7 Å². The fraction of sp³-hybridized carbons (Fsp3) is 0.282. The second-order valence-electron chi connectivity index (χ2n) is 13.1. The number of aromatic nitrogens is 3. The Labute approximate surface area is 279 Å². The van der Waals surface area contributed by atoms with Gasteiger partial charge in [0.1, 0.15) is 17.1 Å². The summed E-state index contributed by atoms with van der Waals surface area (Å²) in [5.74, 6) is 1.22. The molecule has 0 unspecified atom stereocenters. The highest BCUT2D eigenvalue weighted by Crippen LogP contribution is 2.38. The molecule has 48 heavy (non-hydrogen) atoms. The molecule has 0 amide bonds. The van der Waals surface area contributed by atoms with Crippen LogP contribution in [0.25, 0.3) is 44.6 Å². The predicted molar refractivity (Wildman–Crippen MR) is 188 cm³/mol. The van der Waals surface area contributed by atoms with E-state index in [2.05, 4.69) is 76.4 Å². The van der Waals surface area contributed by atoms with Crippen LogP contribution in [-0.4, -0.2) is 62.1 Å². The largest absolute Gasteiger partial charge is 0.435 e. The van der Waals surface area contributed by atoms with E-state index in [4.69, 9.17) is 14.4 Å². The van der Waals surface area contributed by atoms with E-state index in [9.17, 15) is 10.4 Å². The Morgan fingerprint density at radius 3 is 2.48 bits per heavy atom. The molecule has 0 saturated carbocycles. The third kappa shape index (κ3) is 5.69. The number of likely N-dealkylation sites (tertiary alicyclic amines) is 2. The molecule has 2 aliphatic rings. The van der Waals surface area contributed by atoms with Gasteiger partial charge in [0.25, 0.3) is 0 Å². The van der Waals surface area contributed by atoms with Crippen molar-refractivity contribution in [2.75, 3.05) is 31.5 Å². The van der Waals surface area contributed by atoms with E-state index in [0.717, 1.165) is 94.7 Å². The van der Waals surface area contributed by atoms with Crippen LogP contribution in [0.4, 0.5) is 11.5 Å². The highest BCUT2D eigenvalue weighted by Gasteiger charge is 2.22. The monoisotopic (exact) mass is 635 g/mol. The van der Waals surface area contributed by atoms with Gasteiger partial charge >= 0.3 is 0 Å². The van der Waals surface area contributed by atoms with E-state index >= 15 is 0 Å². The van der Waals surface area contributed by atoms with Crippen molar-refractivity contribution in [2.24, 2.45) is 0 Å². The maximum atomic E-state index is 9.91. The molecule has 9 nitrogen and oxygen atoms in total. The van der Waals surface area contributed by atoms with Gasteiger partial charge in [0.15, 0.2) is 11.4 Å². The Morgan fingerprint density at radius 1 is 0.917 bits per heavy atom. The highest BCUT2D eigenvalue weighted by atomic mass is 16.3. The number of nitrogens with zero attached hydrogens (tertiary/aromatic N) is 6. The Balaban J connectivity index is 1.09. The second-order valence-corrected chi connectivity index (χ2v) is 13.1. The molecule has 240 valence electrons. The van der Waals surface area contributed by atoms with Gasteiger partial charge in [-0.1, -0.05) is 24.3 Å². The van der Waals surface area contributed by atoms with Gasteiger partial charge in [-0.15, -0.1) is 0 Å². The van der Waals surface area contributed by atoms with Gasteiger partial charge in [0.05, 0.1) is 11.7 Å². The Kier molecular flexibility index (Phi) is 7.85. The minimum absolute atomic E-state index is 0.239. The van der Waals surface area contributed by atoms with Crippen LogP contribution in [0.3, 0.4) is 0 Å². The molecule has 0 spiro atoms. The van der Waals surface area contributed by atoms with Gasteiger partial charge in [0, 0.05) is 55.2 Å². The Bertz CT molecular complexity index is 2220. The van der Waals surface area contributed by atoms with E-state index in [-0.39, 0.29) is 6.10 Å². The van der Waals surface area contributed by atoms with Gasteiger partial charge < -0.3 is 14.8 Å². The molecular weight excluding hydrogens is 598 g/mol. The number of hydrogen-bond acceptors (Lipinski definition) is 9. The number of oxazole rings is 1. The van der Waals surface area contributed by atoms with Crippen molar-refractivity contribution in [3.8, 4) is 28.7 Å². The fourth-order valence-corrected chi connectivity index (χ4v) is 7.03. The molecule has 6 aromatic rings. The summed E-state index contributed by atoms with van der Waals surface area (Å²) < 4.78 is 6.28. The van der Waals surface area contributed by atoms with Crippen molar-refractivity contribution in [1.82, 2.24) is 24.8 Å². The van der Waals surface area contributed by atoms with E-state index in [1.54, 1.807) is 0 Å². The van der Waals surface area contributed by atoms with Crippen LogP contribution >= 0.6 is 0 Å². The van der Waals surface area contributed by atoms with Gasteiger partial charge in [-0.25, -0.2) is 9.97 Å². The summed E-state index contributed by atoms with van der Waals surface area (Å²) in [4.78, 5) is 19.0. The number of fused-ring (bicyclic) bond motifs is 2. The Morgan fingerprint density at radius 2 is 1.71 bits per heavy atom. The number of aliphatic hydroxyl groups is 1. The first kappa shape index (κ1) is 30.2. The fourth-order valence-electron chi connectivity index (χ4n) is 7.03. The van der Waals surface area contributed by atoms with E-state index in [1.165, 1.54) is 6.42 Å². The van der Waals surface area contributed by atoms with Crippen LogP contribution in [0.15, 0.2) is 77.5 Å². The molecule has 2 aliphatic heterocycles. The van der Waals surface area contributed by atoms with E-state index in [0.29, 0.717) is 34.9 Å². The van der Waals surface area contributed by atoms with Crippen molar-refractivity contribution in [2.45, 2.75) is 45.9 Å². The van der Waals surface area contributed by atoms with Gasteiger partial charge in [-0.05, 0) is 110 Å². The third-order valence-corrected chi connectivity index (χ3v) is 9.78. The van der Waals surface area contributed by atoms with Crippen LogP contribution in [0.1, 0.15) is 40.7 Å². The number of anilines is 2. The summed E-state index contributed by atoms with van der Waals surface area (Å²) in [5, 5.41) is 24.4. The first-order valence-electron chi connectivity index (χ1n) is 16.6. The summed E-state index contributed by atoms with van der Waals surface area (Å²) in [7, 11) is 0. The third-order valence-electron chi connectivity index (χ3n) is 9.78. The van der Waals surface area contributed by atoms with Crippen molar-refractivity contribution >= 4 is 33.5 Å². The normalized spacial score (nSPS) is 16.8. The number of nitriles is 1. The molecule has 0 aliphatic carbocycles. The molecule has 1 atom stereocenters. The molecular formula is C39H37N7O2. The summed E-state index contributed by atoms with van der Waals surface area (Å²) in [6, 6.07) is 22.9. The highest BCUT2D eigenvalue weighted by molar-refractivity contribution is 5.91. The lowest BCUT2D eigenvalue weighted by Crippen LogP contribution is -2.36. The zero-order chi connectivity index (χ0) is 32.8. The van der Waals surface area contributed by atoms with Crippen molar-refractivity contribution in [3.63, 3.8) is 0 Å². The molecule has 2 N–H and O–H groups in total. The number of benzene rings is 3. The number of aliphatic hydroxyl groups excluding tert-OH is 1. The first-order valence-corrected chi connectivity index (χ1v) is 16.6. The lowest BCUT2D eigenvalue weighted by atomic mass is 9.93. The number of rotatable bonds is 8. The number of pyridine rings is 2. The maximum Gasteiger partial charge on any atom is 0.227 e. The topological polar surface area (TPSA) is 114 Å². The average Bonchev–Trinajstić information content (AvgIpc) is 3.69. The quantitative estimate of drug-likeness (QED) is 0.181. The average molecular weight is 636 g/mol. The summed E-state index contributed by atoms with van der Waals surface area (Å²) >= 11 is 0. The van der Waals surface area contributed by atoms with Crippen molar-refractivity contribution < 1.29 is 9.52 Å². The van der Waals surface area contributed by atoms with Crippen LogP contribution < -0.4 is 5.32 Å². The molecule has 8 rings (SSSR count). The number of nitrogens with one attached hydrogen (secondary N) is 1. The van der Waals surface area contributed by atoms with Crippen LogP contribution in [0, 0.1) is 25.2 Å². The van der Waals surface area contributed by atoms with Crippen LogP contribution in [0.5, 0.6) is 0 Å². The summed E-state index contributed by atoms with van der Waals surface area (Å²) in [5.41, 5.74) is 10.9. The predicted octanol–water partition coefficient (Wildman–Crippen LogP) is 7.11. The van der Waals surface area contributed by atoms with Gasteiger partial charge in [-0.3, -0.25) is 14.8 Å². The Hall–Kier alpha value is -5.14. The zero-order valence-electron chi connectivity index (χ0n) is 27.2. The van der Waals surface area contributed by atoms with Crippen molar-refractivity contribution in [1.29, 1.82) is 5.26 Å². The lowest BCUT2D eigenvalue weighted by molar-refractivity contribution is 0.172. The standard InChI is InChI=1S/C39H37N7O2/c1-24-31(6-3-8-33(24)39-44-35-18-26(21-45-13-5-14-45)16-29(19-40)37(35)48-39)32-7-4-9-34(25(32)2)43-38-36-28(10-12-41-38)17-27(20-42-36)22-46-15-11-30(47)23-46/h3-4,6-10,12,16-18,20,30,47H,5,11,13-15,21-23H2,1-2H3,(H,41,43)/t30-/m1/s1. The molecule has 2 fully saturated rings. The molecule has 3 aromatic carbocycles. The molecule has 2 saturated heterocycles. The lowest BCUT2D eigenvalue weighted by Gasteiger charge is -2.30. The number of β-amino-alcohol motifs (C(OH)–C–C–N with tert-alkyl or cyclic N) is 1. The minimum Gasteiger partial charge on any atom is -0.435 e. The maximum absolute atomic E-state index is 9.91. The first-order chi connectivity index (χ1) is 23.4. The second kappa shape index (κ2) is 12.5. The van der Waals surface area contributed by atoms with Gasteiger partial charge in [-0.2, -0.15) is 5.26 Å². The SMILES string of the molecule is Cc1c(Nc2nccc3cc(CN4CC[C@@H](O)C4)cnc23)cccc1-c1cccc(-c2nc3cc(CN4CCC4)cc(C#N)c3o2)c1C. The molecule has 0 radical (unpaired) electrons. The minimum atomic E-state index is -0.239. The van der Waals surface area contributed by atoms with Crippen LogP contribution in [0.2, 0.25) is 0 Å².